The molecule has 1 N–H and O–H groups in total. The van der Waals surface area contributed by atoms with Crippen LogP contribution in [0.1, 0.15) is 5.69 Å². The molecule has 1 aromatic carbocycles. The molecule has 20 heavy (non-hydrogen) atoms. The van der Waals surface area contributed by atoms with E-state index in [9.17, 15) is 0 Å². The summed E-state index contributed by atoms with van der Waals surface area (Å²) in [4.78, 5) is 17.6. The molecule has 0 spiro atoms. The number of aryl methyl sites for hydroxylation is 1. The van der Waals surface area contributed by atoms with Gasteiger partial charge < -0.3 is 5.32 Å². The van der Waals surface area contributed by atoms with E-state index in [1.165, 1.54) is 0 Å². The zero-order chi connectivity index (χ0) is 14.1. The minimum absolute atomic E-state index is 0.669. The van der Waals surface area contributed by atoms with Crippen LogP contribution >= 0.6 is 15.9 Å². The molecule has 0 amide bonds. The van der Waals surface area contributed by atoms with Gasteiger partial charge in [-0.2, -0.15) is 0 Å². The molecule has 0 saturated carbocycles. The molecular weight excluding hydrogens is 318 g/mol. The second-order valence-corrected chi connectivity index (χ2v) is 5.10. The fourth-order valence-corrected chi connectivity index (χ4v) is 2.33. The Labute approximate surface area is 124 Å². The standard InChI is InChI=1S/C14H12BrN5/c1-8-12(15)14(16-2)20-13(19-8)9-3-4-10-11(7-9)18-6-5-17-10/h3-7H,1-2H3,(H,16,19,20). The molecule has 6 heteroatoms. The number of hydrogen-bond donors (Lipinski definition) is 1. The summed E-state index contributed by atoms with van der Waals surface area (Å²) in [7, 11) is 1.84. The summed E-state index contributed by atoms with van der Waals surface area (Å²) in [5.74, 6) is 1.44. The van der Waals surface area contributed by atoms with Crippen molar-refractivity contribution in [1.29, 1.82) is 0 Å². The maximum atomic E-state index is 4.51. The molecule has 0 aliphatic rings. The summed E-state index contributed by atoms with van der Waals surface area (Å²) in [5.41, 5.74) is 3.50. The Morgan fingerprint density at radius 2 is 1.80 bits per heavy atom. The number of nitrogens with zero attached hydrogens (tertiary/aromatic N) is 4. The van der Waals surface area contributed by atoms with E-state index in [1.807, 2.05) is 32.2 Å². The third-order valence-corrected chi connectivity index (χ3v) is 3.93. The predicted octanol–water partition coefficient (Wildman–Crippen LogP) is 3.20. The Morgan fingerprint density at radius 3 is 2.55 bits per heavy atom. The molecule has 0 bridgehead atoms. The number of benzene rings is 1. The van der Waals surface area contributed by atoms with Crippen molar-refractivity contribution in [2.75, 3.05) is 12.4 Å². The molecule has 0 fully saturated rings. The smallest absolute Gasteiger partial charge is 0.161 e. The number of anilines is 1. The highest BCUT2D eigenvalue weighted by Crippen LogP contribution is 2.27. The van der Waals surface area contributed by atoms with Gasteiger partial charge in [0.2, 0.25) is 0 Å². The van der Waals surface area contributed by atoms with E-state index >= 15 is 0 Å². The van der Waals surface area contributed by atoms with Crippen molar-refractivity contribution >= 4 is 32.8 Å². The lowest BCUT2D eigenvalue weighted by Gasteiger charge is -2.09. The van der Waals surface area contributed by atoms with Gasteiger partial charge in [0.15, 0.2) is 5.82 Å². The first-order valence-electron chi connectivity index (χ1n) is 6.12. The molecule has 2 aromatic heterocycles. The summed E-state index contributed by atoms with van der Waals surface area (Å²) in [6.07, 6.45) is 3.36. The Hall–Kier alpha value is -2.08. The summed E-state index contributed by atoms with van der Waals surface area (Å²) in [6, 6.07) is 5.83. The van der Waals surface area contributed by atoms with Crippen LogP contribution in [0.2, 0.25) is 0 Å². The van der Waals surface area contributed by atoms with E-state index in [-0.39, 0.29) is 0 Å². The molecule has 0 atom stereocenters. The Bertz CT molecular complexity index is 788. The van der Waals surface area contributed by atoms with Crippen LogP contribution in [-0.2, 0) is 0 Å². The topological polar surface area (TPSA) is 63.6 Å². The van der Waals surface area contributed by atoms with Gasteiger partial charge in [-0.15, -0.1) is 0 Å². The molecule has 0 saturated heterocycles. The van der Waals surface area contributed by atoms with Gasteiger partial charge in [-0.25, -0.2) is 9.97 Å². The monoisotopic (exact) mass is 329 g/mol. The lowest BCUT2D eigenvalue weighted by Crippen LogP contribution is -2.00. The maximum Gasteiger partial charge on any atom is 0.161 e. The third-order valence-electron chi connectivity index (χ3n) is 2.98. The van der Waals surface area contributed by atoms with E-state index in [0.717, 1.165) is 32.6 Å². The zero-order valence-corrected chi connectivity index (χ0v) is 12.6. The number of rotatable bonds is 2. The minimum atomic E-state index is 0.669. The molecule has 5 nitrogen and oxygen atoms in total. The zero-order valence-electron chi connectivity index (χ0n) is 11.1. The summed E-state index contributed by atoms with van der Waals surface area (Å²) in [5, 5.41) is 3.06. The normalized spacial score (nSPS) is 10.8. The van der Waals surface area contributed by atoms with Gasteiger partial charge in [-0.3, -0.25) is 9.97 Å². The molecule has 0 aliphatic carbocycles. The van der Waals surface area contributed by atoms with E-state index in [1.54, 1.807) is 12.4 Å². The largest absolute Gasteiger partial charge is 0.372 e. The summed E-state index contributed by atoms with van der Waals surface area (Å²) in [6.45, 7) is 1.94. The molecule has 0 aliphatic heterocycles. The van der Waals surface area contributed by atoms with Gasteiger partial charge in [0.1, 0.15) is 5.82 Å². The highest BCUT2D eigenvalue weighted by molar-refractivity contribution is 9.10. The summed E-state index contributed by atoms with van der Waals surface area (Å²) < 4.78 is 0.879. The number of aromatic nitrogens is 4. The van der Waals surface area contributed by atoms with Gasteiger partial charge in [0, 0.05) is 25.0 Å². The SMILES string of the molecule is CNc1nc(-c2ccc3nccnc3c2)nc(C)c1Br. The molecule has 0 radical (unpaired) electrons. The van der Waals surface area contributed by atoms with Crippen LogP contribution in [0.15, 0.2) is 35.1 Å². The number of nitrogens with one attached hydrogen (secondary N) is 1. The first kappa shape index (κ1) is 12.9. The predicted molar refractivity (Wildman–Crippen MR) is 82.5 cm³/mol. The van der Waals surface area contributed by atoms with Gasteiger partial charge in [0.25, 0.3) is 0 Å². The van der Waals surface area contributed by atoms with Crippen molar-refractivity contribution in [1.82, 2.24) is 19.9 Å². The number of hydrogen-bond acceptors (Lipinski definition) is 5. The first-order chi connectivity index (χ1) is 9.69. The van der Waals surface area contributed by atoms with Crippen molar-refractivity contribution < 1.29 is 0 Å². The maximum absolute atomic E-state index is 4.51. The Kier molecular flexibility index (Phi) is 3.31. The first-order valence-corrected chi connectivity index (χ1v) is 6.91. The quantitative estimate of drug-likeness (QED) is 0.782. The van der Waals surface area contributed by atoms with E-state index < -0.39 is 0 Å². The van der Waals surface area contributed by atoms with Crippen molar-refractivity contribution in [2.24, 2.45) is 0 Å². The van der Waals surface area contributed by atoms with Gasteiger partial charge >= 0.3 is 0 Å². The van der Waals surface area contributed by atoms with Crippen LogP contribution in [-0.4, -0.2) is 27.0 Å². The second-order valence-electron chi connectivity index (χ2n) is 4.31. The molecular formula is C14H12BrN5. The molecule has 0 unspecified atom stereocenters. The average Bonchev–Trinajstić information content (AvgIpc) is 2.49. The fraction of sp³-hybridized carbons (Fsp3) is 0.143. The third kappa shape index (κ3) is 2.22. The molecule has 3 aromatic rings. The molecule has 3 rings (SSSR count). The van der Waals surface area contributed by atoms with Crippen LogP contribution in [0.25, 0.3) is 22.4 Å². The van der Waals surface area contributed by atoms with Crippen LogP contribution in [0.5, 0.6) is 0 Å². The van der Waals surface area contributed by atoms with Gasteiger partial charge in [-0.1, -0.05) is 0 Å². The lowest BCUT2D eigenvalue weighted by molar-refractivity contribution is 1.09. The van der Waals surface area contributed by atoms with Crippen molar-refractivity contribution in [3.63, 3.8) is 0 Å². The molecule has 100 valence electrons. The summed E-state index contributed by atoms with van der Waals surface area (Å²) >= 11 is 3.48. The Balaban J connectivity index is 2.17. The van der Waals surface area contributed by atoms with E-state index in [2.05, 4.69) is 41.2 Å². The lowest BCUT2D eigenvalue weighted by atomic mass is 10.1. The van der Waals surface area contributed by atoms with Gasteiger partial charge in [0.05, 0.1) is 21.2 Å². The number of halogens is 1. The van der Waals surface area contributed by atoms with Crippen LogP contribution in [0, 0.1) is 6.92 Å². The Morgan fingerprint density at radius 1 is 1.05 bits per heavy atom. The highest BCUT2D eigenvalue weighted by Gasteiger charge is 2.10. The van der Waals surface area contributed by atoms with Crippen molar-refractivity contribution in [3.05, 3.63) is 40.8 Å². The van der Waals surface area contributed by atoms with Crippen LogP contribution < -0.4 is 5.32 Å². The molecule has 2 heterocycles. The van der Waals surface area contributed by atoms with E-state index in [4.69, 9.17) is 0 Å². The van der Waals surface area contributed by atoms with Gasteiger partial charge in [-0.05, 0) is 41.1 Å². The van der Waals surface area contributed by atoms with E-state index in [0.29, 0.717) is 5.82 Å². The fourth-order valence-electron chi connectivity index (χ4n) is 1.96. The number of fused-ring (bicyclic) bond motifs is 1. The second kappa shape index (κ2) is 5.13. The van der Waals surface area contributed by atoms with Crippen LogP contribution in [0.4, 0.5) is 5.82 Å². The average molecular weight is 330 g/mol. The highest BCUT2D eigenvalue weighted by atomic mass is 79.9. The van der Waals surface area contributed by atoms with Crippen molar-refractivity contribution in [3.8, 4) is 11.4 Å². The van der Waals surface area contributed by atoms with Crippen molar-refractivity contribution in [2.45, 2.75) is 6.92 Å². The minimum Gasteiger partial charge on any atom is -0.372 e. The van der Waals surface area contributed by atoms with Crippen LogP contribution in [0.3, 0.4) is 0 Å².